The van der Waals surface area contributed by atoms with E-state index in [1.165, 1.54) is 13.4 Å². The zero-order valence-corrected chi connectivity index (χ0v) is 13.5. The van der Waals surface area contributed by atoms with E-state index in [-0.39, 0.29) is 5.91 Å². The Kier molecular flexibility index (Phi) is 4.37. The highest BCUT2D eigenvalue weighted by atomic mass is 16.5. The third-order valence-corrected chi connectivity index (χ3v) is 3.99. The summed E-state index contributed by atoms with van der Waals surface area (Å²) in [6, 6.07) is 8.59. The number of H-pyrrole nitrogens is 1. The van der Waals surface area contributed by atoms with Crippen molar-refractivity contribution in [3.8, 4) is 0 Å². The molecule has 0 saturated carbocycles. The topological polar surface area (TPSA) is 84.3 Å². The Morgan fingerprint density at radius 3 is 2.79 bits per heavy atom. The van der Waals surface area contributed by atoms with E-state index in [0.717, 1.165) is 16.5 Å². The highest BCUT2D eigenvalue weighted by Crippen LogP contribution is 2.19. The first-order chi connectivity index (χ1) is 11.6. The molecule has 0 radical (unpaired) electrons. The lowest BCUT2D eigenvalue weighted by molar-refractivity contribution is -0.142. The van der Waals surface area contributed by atoms with Crippen molar-refractivity contribution < 1.29 is 18.7 Å². The van der Waals surface area contributed by atoms with Crippen LogP contribution in [0.1, 0.15) is 21.7 Å². The number of hydrogen-bond donors (Lipinski definition) is 2. The molecule has 0 fully saturated rings. The molecule has 0 bridgehead atoms. The number of methoxy groups -OCH3 is 1. The first-order valence-corrected chi connectivity index (χ1v) is 7.58. The van der Waals surface area contributed by atoms with E-state index in [4.69, 9.17) is 9.15 Å². The molecule has 1 unspecified atom stereocenters. The van der Waals surface area contributed by atoms with Gasteiger partial charge in [-0.05, 0) is 24.6 Å². The molecule has 0 spiro atoms. The van der Waals surface area contributed by atoms with Crippen molar-refractivity contribution in [1.82, 2.24) is 10.3 Å². The Morgan fingerprint density at radius 2 is 2.08 bits per heavy atom. The summed E-state index contributed by atoms with van der Waals surface area (Å²) in [5.74, 6) is -0.352. The molecule has 2 heterocycles. The number of carbonyl (C=O) groups is 2. The van der Waals surface area contributed by atoms with Crippen molar-refractivity contribution in [3.63, 3.8) is 0 Å². The van der Waals surface area contributed by atoms with Crippen molar-refractivity contribution in [1.29, 1.82) is 0 Å². The summed E-state index contributed by atoms with van der Waals surface area (Å²) in [5.41, 5.74) is 2.32. The second-order valence-corrected chi connectivity index (χ2v) is 5.50. The Morgan fingerprint density at radius 1 is 1.29 bits per heavy atom. The number of aromatic nitrogens is 1. The minimum atomic E-state index is -0.781. The highest BCUT2D eigenvalue weighted by molar-refractivity contribution is 5.97. The zero-order chi connectivity index (χ0) is 17.1. The van der Waals surface area contributed by atoms with Crippen LogP contribution in [-0.2, 0) is 16.0 Å². The van der Waals surface area contributed by atoms with Crippen LogP contribution in [0.5, 0.6) is 0 Å². The number of benzene rings is 1. The summed E-state index contributed by atoms with van der Waals surface area (Å²) in [5, 5.41) is 3.74. The SMILES string of the molecule is COC(=O)C(Cc1c[nH]c2ccccc12)NC(=O)c1ccoc1C. The normalized spacial score (nSPS) is 12.1. The molecule has 3 aromatic rings. The van der Waals surface area contributed by atoms with Crippen molar-refractivity contribution in [3.05, 3.63) is 59.7 Å². The van der Waals surface area contributed by atoms with Crippen LogP contribution >= 0.6 is 0 Å². The van der Waals surface area contributed by atoms with E-state index in [1.54, 1.807) is 13.0 Å². The number of ether oxygens (including phenoxy) is 1. The van der Waals surface area contributed by atoms with E-state index in [0.29, 0.717) is 17.7 Å². The van der Waals surface area contributed by atoms with Gasteiger partial charge in [-0.1, -0.05) is 18.2 Å². The standard InChI is InChI=1S/C18H18N2O4/c1-11-13(7-8-24-11)17(21)20-16(18(22)23-2)9-12-10-19-15-6-4-3-5-14(12)15/h3-8,10,16,19H,9H2,1-2H3,(H,20,21). The van der Waals surface area contributed by atoms with E-state index >= 15 is 0 Å². The second kappa shape index (κ2) is 6.62. The number of amides is 1. The summed E-state index contributed by atoms with van der Waals surface area (Å²) in [6.45, 7) is 1.70. The molecule has 1 atom stereocenters. The third kappa shape index (κ3) is 3.03. The molecule has 0 aliphatic carbocycles. The summed E-state index contributed by atoms with van der Waals surface area (Å²) in [6.07, 6.45) is 3.62. The van der Waals surface area contributed by atoms with Gasteiger partial charge in [0, 0.05) is 23.5 Å². The first-order valence-electron chi connectivity index (χ1n) is 7.58. The van der Waals surface area contributed by atoms with E-state index < -0.39 is 12.0 Å². The molecule has 1 amide bonds. The maximum absolute atomic E-state index is 12.4. The monoisotopic (exact) mass is 326 g/mol. The van der Waals surface area contributed by atoms with Crippen LogP contribution in [0.15, 0.2) is 47.2 Å². The van der Waals surface area contributed by atoms with Crippen LogP contribution in [-0.4, -0.2) is 30.0 Å². The lowest BCUT2D eigenvalue weighted by Gasteiger charge is -2.16. The first kappa shape index (κ1) is 15.9. The molecule has 2 aromatic heterocycles. The zero-order valence-electron chi connectivity index (χ0n) is 13.5. The van der Waals surface area contributed by atoms with Gasteiger partial charge in [0.2, 0.25) is 0 Å². The summed E-state index contributed by atoms with van der Waals surface area (Å²) >= 11 is 0. The number of carbonyl (C=O) groups excluding carboxylic acids is 2. The van der Waals surface area contributed by atoms with Gasteiger partial charge >= 0.3 is 5.97 Å². The molecule has 6 nitrogen and oxygen atoms in total. The Hall–Kier alpha value is -3.02. The number of rotatable bonds is 5. The van der Waals surface area contributed by atoms with Crippen LogP contribution in [0.4, 0.5) is 0 Å². The number of hydrogen-bond acceptors (Lipinski definition) is 4. The number of esters is 1. The number of nitrogens with one attached hydrogen (secondary N) is 2. The molecule has 3 rings (SSSR count). The van der Waals surface area contributed by atoms with E-state index in [9.17, 15) is 9.59 Å². The number of aryl methyl sites for hydroxylation is 1. The maximum atomic E-state index is 12.4. The van der Waals surface area contributed by atoms with Gasteiger partial charge in [0.1, 0.15) is 11.8 Å². The van der Waals surface area contributed by atoms with Crippen LogP contribution in [0.25, 0.3) is 10.9 Å². The second-order valence-electron chi connectivity index (χ2n) is 5.50. The van der Waals surface area contributed by atoms with Crippen molar-refractivity contribution in [2.75, 3.05) is 7.11 Å². The maximum Gasteiger partial charge on any atom is 0.328 e. The minimum absolute atomic E-state index is 0.333. The quantitative estimate of drug-likeness (QED) is 0.706. The fourth-order valence-electron chi connectivity index (χ4n) is 2.71. The lowest BCUT2D eigenvalue weighted by atomic mass is 10.0. The molecule has 124 valence electrons. The van der Waals surface area contributed by atoms with Crippen LogP contribution in [0.2, 0.25) is 0 Å². The molecule has 6 heteroatoms. The van der Waals surface area contributed by atoms with Gasteiger partial charge < -0.3 is 19.5 Å². The van der Waals surface area contributed by atoms with Gasteiger partial charge in [-0.25, -0.2) is 4.79 Å². The van der Waals surface area contributed by atoms with Gasteiger partial charge in [-0.3, -0.25) is 4.79 Å². The molecule has 1 aromatic carbocycles. The third-order valence-electron chi connectivity index (χ3n) is 3.99. The van der Waals surface area contributed by atoms with Gasteiger partial charge in [0.05, 0.1) is 18.9 Å². The Balaban J connectivity index is 1.83. The minimum Gasteiger partial charge on any atom is -0.469 e. The summed E-state index contributed by atoms with van der Waals surface area (Å²) in [4.78, 5) is 27.6. The van der Waals surface area contributed by atoms with Crippen molar-refractivity contribution >= 4 is 22.8 Å². The summed E-state index contributed by atoms with van der Waals surface area (Å²) < 4.78 is 9.97. The molecular formula is C18H18N2O4. The highest BCUT2D eigenvalue weighted by Gasteiger charge is 2.25. The Bertz CT molecular complexity index is 878. The van der Waals surface area contributed by atoms with Crippen molar-refractivity contribution in [2.24, 2.45) is 0 Å². The van der Waals surface area contributed by atoms with Gasteiger partial charge in [0.15, 0.2) is 0 Å². The fraction of sp³-hybridized carbons (Fsp3) is 0.222. The van der Waals surface area contributed by atoms with Crippen LogP contribution < -0.4 is 5.32 Å². The molecule has 0 saturated heterocycles. The number of fused-ring (bicyclic) bond motifs is 1. The van der Waals surface area contributed by atoms with E-state index in [2.05, 4.69) is 10.3 Å². The van der Waals surface area contributed by atoms with Crippen LogP contribution in [0, 0.1) is 6.92 Å². The number of aromatic amines is 1. The lowest BCUT2D eigenvalue weighted by Crippen LogP contribution is -2.43. The molecule has 0 aliphatic heterocycles. The predicted molar refractivity (Wildman–Crippen MR) is 88.7 cm³/mol. The fourth-order valence-corrected chi connectivity index (χ4v) is 2.71. The smallest absolute Gasteiger partial charge is 0.328 e. The molecule has 2 N–H and O–H groups in total. The molecule has 24 heavy (non-hydrogen) atoms. The predicted octanol–water partition coefficient (Wildman–Crippen LogP) is 2.58. The van der Waals surface area contributed by atoms with Crippen molar-refractivity contribution in [2.45, 2.75) is 19.4 Å². The number of furan rings is 1. The number of para-hydroxylation sites is 1. The largest absolute Gasteiger partial charge is 0.469 e. The molecule has 0 aliphatic rings. The van der Waals surface area contributed by atoms with Crippen LogP contribution in [0.3, 0.4) is 0 Å². The van der Waals surface area contributed by atoms with Gasteiger partial charge in [-0.2, -0.15) is 0 Å². The average molecular weight is 326 g/mol. The van der Waals surface area contributed by atoms with Gasteiger partial charge in [0.25, 0.3) is 5.91 Å². The van der Waals surface area contributed by atoms with E-state index in [1.807, 2.05) is 30.5 Å². The van der Waals surface area contributed by atoms with Gasteiger partial charge in [-0.15, -0.1) is 0 Å². The molecular weight excluding hydrogens is 308 g/mol. The summed E-state index contributed by atoms with van der Waals surface area (Å²) in [7, 11) is 1.31. The average Bonchev–Trinajstić information content (AvgIpc) is 3.20. The Labute approximate surface area is 138 Å².